The predicted octanol–water partition coefficient (Wildman–Crippen LogP) is 3.99. The maximum Gasteiger partial charge on any atom is 0.322 e. The van der Waals surface area contributed by atoms with E-state index in [2.05, 4.69) is 10.3 Å². The normalized spacial score (nSPS) is 17.0. The summed E-state index contributed by atoms with van der Waals surface area (Å²) >= 11 is 0. The molecular weight excluding hydrogens is 340 g/mol. The average Bonchev–Trinajstić information content (AvgIpc) is 2.63. The summed E-state index contributed by atoms with van der Waals surface area (Å²) in [5.41, 5.74) is 0.460. The fourth-order valence-electron chi connectivity index (χ4n) is 3.01. The van der Waals surface area contributed by atoms with E-state index in [9.17, 15) is 13.6 Å². The van der Waals surface area contributed by atoms with E-state index >= 15 is 0 Å². The third-order valence-corrected chi connectivity index (χ3v) is 4.35. The molecule has 138 valence electrons. The number of amides is 2. The van der Waals surface area contributed by atoms with Crippen LogP contribution in [-0.2, 0) is 0 Å². The molecule has 7 heteroatoms. The molecule has 26 heavy (non-hydrogen) atoms. The Hall–Kier alpha value is -2.70. The molecule has 1 unspecified atom stereocenters. The second kappa shape index (κ2) is 8.12. The second-order valence-corrected chi connectivity index (χ2v) is 6.43. The maximum absolute atomic E-state index is 13.7. The van der Waals surface area contributed by atoms with E-state index in [0.717, 1.165) is 36.4 Å². The number of carbonyl (C=O) groups excluding carboxylic acids is 1. The zero-order valence-electron chi connectivity index (χ0n) is 14.5. The fraction of sp³-hybridized carbons (Fsp3) is 0.368. The minimum absolute atomic E-state index is 0.161. The molecule has 1 aromatic heterocycles. The largest absolute Gasteiger partial charge is 0.493 e. The summed E-state index contributed by atoms with van der Waals surface area (Å²) in [5.74, 6) is -0.674. The number of aromatic nitrogens is 1. The van der Waals surface area contributed by atoms with Gasteiger partial charge in [0.25, 0.3) is 0 Å². The number of piperidine rings is 1. The Kier molecular flexibility index (Phi) is 5.65. The van der Waals surface area contributed by atoms with E-state index in [4.69, 9.17) is 4.74 Å². The Bertz CT molecular complexity index is 765. The molecule has 0 saturated carbocycles. The first-order valence-electron chi connectivity index (χ1n) is 8.58. The number of benzene rings is 1. The minimum atomic E-state index is -0.789. The zero-order chi connectivity index (χ0) is 18.5. The van der Waals surface area contributed by atoms with Gasteiger partial charge in [-0.1, -0.05) is 6.07 Å². The Morgan fingerprint density at radius 3 is 2.85 bits per heavy atom. The van der Waals surface area contributed by atoms with Gasteiger partial charge in [-0.3, -0.25) is 4.98 Å². The molecule has 3 rings (SSSR count). The number of anilines is 1. The van der Waals surface area contributed by atoms with Crippen LogP contribution in [0.3, 0.4) is 0 Å². The van der Waals surface area contributed by atoms with Crippen LogP contribution in [-0.4, -0.2) is 35.6 Å². The van der Waals surface area contributed by atoms with Crippen LogP contribution in [0.1, 0.15) is 18.5 Å². The number of nitrogens with one attached hydrogen (secondary N) is 1. The number of aryl methyl sites for hydroxylation is 1. The van der Waals surface area contributed by atoms with Crippen LogP contribution < -0.4 is 10.1 Å². The van der Waals surface area contributed by atoms with Crippen molar-refractivity contribution in [3.05, 3.63) is 53.9 Å². The summed E-state index contributed by atoms with van der Waals surface area (Å²) in [4.78, 5) is 18.1. The van der Waals surface area contributed by atoms with Crippen LogP contribution in [0.4, 0.5) is 19.3 Å². The molecule has 1 aliphatic heterocycles. The third-order valence-electron chi connectivity index (χ3n) is 4.35. The molecular formula is C19H21F2N3O2. The molecule has 1 aromatic carbocycles. The summed E-state index contributed by atoms with van der Waals surface area (Å²) in [6.45, 7) is 3.39. The van der Waals surface area contributed by atoms with Crippen LogP contribution in [0.2, 0.25) is 0 Å². The highest BCUT2D eigenvalue weighted by molar-refractivity contribution is 5.89. The Morgan fingerprint density at radius 1 is 1.35 bits per heavy atom. The predicted molar refractivity (Wildman–Crippen MR) is 94.1 cm³/mol. The Labute approximate surface area is 151 Å². The lowest BCUT2D eigenvalue weighted by Crippen LogP contribution is -2.43. The van der Waals surface area contributed by atoms with Crippen molar-refractivity contribution >= 4 is 11.7 Å². The highest BCUT2D eigenvalue weighted by Crippen LogP contribution is 2.22. The Morgan fingerprint density at radius 2 is 2.12 bits per heavy atom. The molecule has 2 aromatic rings. The van der Waals surface area contributed by atoms with E-state index < -0.39 is 23.4 Å². The number of ether oxygens (including phenoxy) is 1. The van der Waals surface area contributed by atoms with Gasteiger partial charge in [0.15, 0.2) is 0 Å². The van der Waals surface area contributed by atoms with Crippen molar-refractivity contribution in [3.63, 3.8) is 0 Å². The molecule has 0 aliphatic carbocycles. The van der Waals surface area contributed by atoms with Crippen molar-refractivity contribution in [2.24, 2.45) is 5.92 Å². The lowest BCUT2D eigenvalue weighted by molar-refractivity contribution is 0.145. The molecule has 2 heterocycles. The van der Waals surface area contributed by atoms with Crippen molar-refractivity contribution in [2.45, 2.75) is 19.8 Å². The summed E-state index contributed by atoms with van der Waals surface area (Å²) in [7, 11) is 0. The number of carbonyl (C=O) groups is 1. The first-order valence-corrected chi connectivity index (χ1v) is 8.58. The van der Waals surface area contributed by atoms with Crippen LogP contribution in [0, 0.1) is 24.5 Å². The number of likely N-dealkylation sites (tertiary alicyclic amines) is 1. The molecule has 0 spiro atoms. The number of nitrogens with zero attached hydrogens (tertiary/aromatic N) is 2. The number of hydrogen-bond donors (Lipinski definition) is 1. The van der Waals surface area contributed by atoms with Gasteiger partial charge in [-0.05, 0) is 38.0 Å². The highest BCUT2D eigenvalue weighted by Gasteiger charge is 2.25. The molecule has 1 fully saturated rings. The van der Waals surface area contributed by atoms with Gasteiger partial charge in [-0.2, -0.15) is 0 Å². The van der Waals surface area contributed by atoms with Gasteiger partial charge in [0.1, 0.15) is 23.1 Å². The smallest absolute Gasteiger partial charge is 0.322 e. The van der Waals surface area contributed by atoms with Crippen molar-refractivity contribution < 1.29 is 18.3 Å². The average molecular weight is 361 g/mol. The standard InChI is InChI=1S/C19H21F2N3O2/c1-13-10-15(7-8-22-13)26-12-14-4-3-9-24(11-14)19(25)23-18-16(20)5-2-6-17(18)21/h2,5-8,10,14H,3-4,9,11-12H2,1H3,(H,23,25). The summed E-state index contributed by atoms with van der Waals surface area (Å²) in [6, 6.07) is 6.63. The maximum atomic E-state index is 13.7. The molecule has 1 N–H and O–H groups in total. The van der Waals surface area contributed by atoms with Gasteiger partial charge in [0.05, 0.1) is 6.61 Å². The van der Waals surface area contributed by atoms with Crippen molar-refractivity contribution in [3.8, 4) is 5.75 Å². The molecule has 1 aliphatic rings. The molecule has 5 nitrogen and oxygen atoms in total. The minimum Gasteiger partial charge on any atom is -0.493 e. The zero-order valence-corrected chi connectivity index (χ0v) is 14.5. The van der Waals surface area contributed by atoms with Crippen molar-refractivity contribution in [1.82, 2.24) is 9.88 Å². The topological polar surface area (TPSA) is 54.5 Å². The molecule has 0 radical (unpaired) electrons. The second-order valence-electron chi connectivity index (χ2n) is 6.43. The van der Waals surface area contributed by atoms with E-state index in [1.165, 1.54) is 6.07 Å². The lowest BCUT2D eigenvalue weighted by Gasteiger charge is -2.32. The van der Waals surface area contributed by atoms with Gasteiger partial charge in [0, 0.05) is 37.0 Å². The molecule has 0 bridgehead atoms. The van der Waals surface area contributed by atoms with Gasteiger partial charge >= 0.3 is 6.03 Å². The monoisotopic (exact) mass is 361 g/mol. The molecule has 1 atom stereocenters. The molecule has 1 saturated heterocycles. The Balaban J connectivity index is 1.56. The first-order chi connectivity index (χ1) is 12.5. The van der Waals surface area contributed by atoms with Crippen molar-refractivity contribution in [1.29, 1.82) is 0 Å². The number of para-hydroxylation sites is 1. The van der Waals surface area contributed by atoms with Gasteiger partial charge < -0.3 is 15.0 Å². The third kappa shape index (κ3) is 4.47. The summed E-state index contributed by atoms with van der Waals surface area (Å²) in [6.07, 6.45) is 3.44. The number of halogens is 2. The number of pyridine rings is 1. The van der Waals surface area contributed by atoms with E-state index in [1.54, 1.807) is 17.2 Å². The van der Waals surface area contributed by atoms with Crippen molar-refractivity contribution in [2.75, 3.05) is 25.0 Å². The van der Waals surface area contributed by atoms with Crippen LogP contribution >= 0.6 is 0 Å². The van der Waals surface area contributed by atoms with Gasteiger partial charge in [-0.25, -0.2) is 13.6 Å². The molecule has 2 amide bonds. The highest BCUT2D eigenvalue weighted by atomic mass is 19.1. The quantitative estimate of drug-likeness (QED) is 0.896. The summed E-state index contributed by atoms with van der Waals surface area (Å²) in [5, 5.41) is 2.34. The van der Waals surface area contributed by atoms with E-state index in [1.807, 2.05) is 13.0 Å². The van der Waals surface area contributed by atoms with E-state index in [0.29, 0.717) is 19.7 Å². The van der Waals surface area contributed by atoms with E-state index in [-0.39, 0.29) is 5.92 Å². The number of hydrogen-bond acceptors (Lipinski definition) is 3. The fourth-order valence-corrected chi connectivity index (χ4v) is 3.01. The van der Waals surface area contributed by atoms with Crippen LogP contribution in [0.15, 0.2) is 36.5 Å². The SMILES string of the molecule is Cc1cc(OCC2CCCN(C(=O)Nc3c(F)cccc3F)C2)ccn1. The lowest BCUT2D eigenvalue weighted by atomic mass is 9.99. The number of rotatable bonds is 4. The number of urea groups is 1. The van der Waals surface area contributed by atoms with Gasteiger partial charge in [-0.15, -0.1) is 0 Å². The first kappa shape index (κ1) is 18.1. The van der Waals surface area contributed by atoms with Crippen LogP contribution in [0.25, 0.3) is 0 Å². The van der Waals surface area contributed by atoms with Crippen LogP contribution in [0.5, 0.6) is 5.75 Å². The summed E-state index contributed by atoms with van der Waals surface area (Å²) < 4.78 is 33.2. The van der Waals surface area contributed by atoms with Gasteiger partial charge in [0.2, 0.25) is 0 Å².